The van der Waals surface area contributed by atoms with Crippen LogP contribution in [0.1, 0.15) is 175 Å². The molecular formula is C33H66O4. The molecule has 3 atom stereocenters. The number of rotatable bonds is 29. The highest BCUT2D eigenvalue weighted by atomic mass is 16.5. The van der Waals surface area contributed by atoms with E-state index in [1.54, 1.807) is 0 Å². The third kappa shape index (κ3) is 24.2. The van der Waals surface area contributed by atoms with Gasteiger partial charge in [-0.15, -0.1) is 0 Å². The van der Waals surface area contributed by atoms with E-state index in [9.17, 15) is 15.0 Å². The molecule has 0 radical (unpaired) electrons. The summed E-state index contributed by atoms with van der Waals surface area (Å²) in [6, 6.07) is 0. The summed E-state index contributed by atoms with van der Waals surface area (Å²) in [7, 11) is 0. The van der Waals surface area contributed by atoms with Crippen LogP contribution in [0.2, 0.25) is 0 Å². The van der Waals surface area contributed by atoms with Gasteiger partial charge in [0.25, 0.3) is 0 Å². The van der Waals surface area contributed by atoms with Crippen molar-refractivity contribution in [3.05, 3.63) is 0 Å². The van der Waals surface area contributed by atoms with Crippen molar-refractivity contribution < 1.29 is 19.7 Å². The fraction of sp³-hybridized carbons (Fsp3) is 0.970. The van der Waals surface area contributed by atoms with Crippen LogP contribution in [0.4, 0.5) is 0 Å². The number of aliphatic hydroxyl groups excluding tert-OH is 2. The molecule has 0 saturated heterocycles. The number of esters is 1. The molecule has 0 amide bonds. The average molecular weight is 527 g/mol. The summed E-state index contributed by atoms with van der Waals surface area (Å²) in [5.41, 5.74) is 0. The molecule has 0 aliphatic carbocycles. The van der Waals surface area contributed by atoms with Crippen molar-refractivity contribution in [3.63, 3.8) is 0 Å². The van der Waals surface area contributed by atoms with Crippen molar-refractivity contribution in [2.24, 2.45) is 11.8 Å². The molecule has 0 fully saturated rings. The van der Waals surface area contributed by atoms with Gasteiger partial charge in [-0.3, -0.25) is 4.79 Å². The zero-order chi connectivity index (χ0) is 27.4. The Kier molecular flexibility index (Phi) is 27.9. The Bertz CT molecular complexity index is 467. The van der Waals surface area contributed by atoms with Crippen molar-refractivity contribution in [1.29, 1.82) is 0 Å². The Balaban J connectivity index is 3.78. The second kappa shape index (κ2) is 28.4. The molecule has 3 unspecified atom stereocenters. The smallest absolute Gasteiger partial charge is 0.309 e. The molecule has 0 aliphatic heterocycles. The molecule has 0 aromatic rings. The van der Waals surface area contributed by atoms with E-state index in [0.717, 1.165) is 38.5 Å². The SMILES string of the molecule is CCCCCCCCCCCCCCCCCCCCC(CC(O)CO)C(=O)OCC(CC)CCCC. The molecule has 0 aliphatic rings. The maximum atomic E-state index is 12.7. The molecule has 0 aromatic heterocycles. The van der Waals surface area contributed by atoms with Crippen LogP contribution in [0.3, 0.4) is 0 Å². The van der Waals surface area contributed by atoms with Gasteiger partial charge in [0, 0.05) is 0 Å². The lowest BCUT2D eigenvalue weighted by Gasteiger charge is -2.20. The largest absolute Gasteiger partial charge is 0.465 e. The molecule has 0 spiro atoms. The molecule has 0 heterocycles. The van der Waals surface area contributed by atoms with Crippen LogP contribution in [-0.4, -0.2) is 35.5 Å². The number of aliphatic hydroxyl groups is 2. The van der Waals surface area contributed by atoms with Gasteiger partial charge < -0.3 is 14.9 Å². The van der Waals surface area contributed by atoms with Crippen LogP contribution < -0.4 is 0 Å². The highest BCUT2D eigenvalue weighted by molar-refractivity contribution is 5.72. The number of carbonyl (C=O) groups is 1. The van der Waals surface area contributed by atoms with Crippen LogP contribution in [0, 0.1) is 11.8 Å². The van der Waals surface area contributed by atoms with Gasteiger partial charge in [0.1, 0.15) is 0 Å². The predicted molar refractivity (Wildman–Crippen MR) is 159 cm³/mol. The Morgan fingerprint density at radius 2 is 1.05 bits per heavy atom. The minimum atomic E-state index is -0.838. The highest BCUT2D eigenvalue weighted by Crippen LogP contribution is 2.21. The number of hydrogen-bond acceptors (Lipinski definition) is 4. The van der Waals surface area contributed by atoms with E-state index in [1.807, 2.05) is 0 Å². The Morgan fingerprint density at radius 1 is 0.622 bits per heavy atom. The van der Waals surface area contributed by atoms with Crippen LogP contribution in [0.15, 0.2) is 0 Å². The Labute approximate surface area is 231 Å². The topological polar surface area (TPSA) is 66.8 Å². The second-order valence-corrected chi connectivity index (χ2v) is 11.6. The molecule has 222 valence electrons. The van der Waals surface area contributed by atoms with Crippen molar-refractivity contribution >= 4 is 5.97 Å². The van der Waals surface area contributed by atoms with E-state index in [-0.39, 0.29) is 18.5 Å². The first-order chi connectivity index (χ1) is 18.1. The van der Waals surface area contributed by atoms with E-state index in [4.69, 9.17) is 4.74 Å². The molecule has 4 heteroatoms. The third-order valence-electron chi connectivity index (χ3n) is 8.01. The van der Waals surface area contributed by atoms with Gasteiger partial charge in [-0.1, -0.05) is 156 Å². The molecule has 2 N–H and O–H groups in total. The summed E-state index contributed by atoms with van der Waals surface area (Å²) in [4.78, 5) is 12.7. The van der Waals surface area contributed by atoms with E-state index in [1.165, 1.54) is 109 Å². The molecule has 0 aromatic carbocycles. The predicted octanol–water partition coefficient (Wildman–Crippen LogP) is 9.54. The van der Waals surface area contributed by atoms with Crippen LogP contribution in [-0.2, 0) is 9.53 Å². The van der Waals surface area contributed by atoms with Crippen molar-refractivity contribution in [3.8, 4) is 0 Å². The number of unbranched alkanes of at least 4 members (excludes halogenated alkanes) is 18. The highest BCUT2D eigenvalue weighted by Gasteiger charge is 2.23. The minimum Gasteiger partial charge on any atom is -0.465 e. The molecule has 0 rings (SSSR count). The lowest BCUT2D eigenvalue weighted by atomic mass is 9.94. The number of ether oxygens (including phenoxy) is 1. The van der Waals surface area contributed by atoms with E-state index in [2.05, 4.69) is 20.8 Å². The van der Waals surface area contributed by atoms with E-state index in [0.29, 0.717) is 18.9 Å². The monoisotopic (exact) mass is 526 g/mol. The van der Waals surface area contributed by atoms with Crippen LogP contribution >= 0.6 is 0 Å². The summed E-state index contributed by atoms with van der Waals surface area (Å²) in [6.07, 6.45) is 28.9. The lowest BCUT2D eigenvalue weighted by molar-refractivity contribution is -0.151. The van der Waals surface area contributed by atoms with Gasteiger partial charge in [-0.05, 0) is 25.2 Å². The fourth-order valence-corrected chi connectivity index (χ4v) is 5.24. The fourth-order valence-electron chi connectivity index (χ4n) is 5.24. The summed E-state index contributed by atoms with van der Waals surface area (Å²) in [5, 5.41) is 19.2. The zero-order valence-electron chi connectivity index (χ0n) is 25.3. The first-order valence-corrected chi connectivity index (χ1v) is 16.5. The van der Waals surface area contributed by atoms with Crippen molar-refractivity contribution in [1.82, 2.24) is 0 Å². The van der Waals surface area contributed by atoms with E-state index < -0.39 is 6.10 Å². The molecular weight excluding hydrogens is 460 g/mol. The first kappa shape index (κ1) is 36.4. The zero-order valence-corrected chi connectivity index (χ0v) is 25.3. The summed E-state index contributed by atoms with van der Waals surface area (Å²) in [5.74, 6) is -0.0567. The quantitative estimate of drug-likeness (QED) is 0.0752. The minimum absolute atomic E-state index is 0.186. The number of carbonyl (C=O) groups excluding carboxylic acids is 1. The van der Waals surface area contributed by atoms with Gasteiger partial charge in [-0.2, -0.15) is 0 Å². The maximum absolute atomic E-state index is 12.7. The lowest BCUT2D eigenvalue weighted by Crippen LogP contribution is -2.26. The van der Waals surface area contributed by atoms with Crippen LogP contribution in [0.5, 0.6) is 0 Å². The second-order valence-electron chi connectivity index (χ2n) is 11.6. The molecule has 4 nitrogen and oxygen atoms in total. The Morgan fingerprint density at radius 3 is 1.46 bits per heavy atom. The van der Waals surface area contributed by atoms with Gasteiger partial charge in [0.2, 0.25) is 0 Å². The summed E-state index contributed by atoms with van der Waals surface area (Å²) >= 11 is 0. The van der Waals surface area contributed by atoms with Crippen LogP contribution in [0.25, 0.3) is 0 Å². The standard InChI is InChI=1S/C33H66O4/c1-4-7-9-10-11-12-13-14-15-16-17-18-19-20-21-22-23-24-26-31(27-32(35)28-34)33(36)37-29-30(6-3)25-8-5-2/h30-32,34-35H,4-29H2,1-3H3. The molecule has 37 heavy (non-hydrogen) atoms. The summed E-state index contributed by atoms with van der Waals surface area (Å²) < 4.78 is 5.66. The normalized spacial score (nSPS) is 14.0. The van der Waals surface area contributed by atoms with Gasteiger partial charge in [-0.25, -0.2) is 0 Å². The Hall–Kier alpha value is -0.610. The van der Waals surface area contributed by atoms with E-state index >= 15 is 0 Å². The van der Waals surface area contributed by atoms with Crippen molar-refractivity contribution in [2.75, 3.05) is 13.2 Å². The molecule has 0 saturated carbocycles. The van der Waals surface area contributed by atoms with Crippen molar-refractivity contribution in [2.45, 2.75) is 181 Å². The van der Waals surface area contributed by atoms with Gasteiger partial charge in [0.15, 0.2) is 0 Å². The summed E-state index contributed by atoms with van der Waals surface area (Å²) in [6.45, 7) is 6.81. The third-order valence-corrected chi connectivity index (χ3v) is 8.01. The average Bonchev–Trinajstić information content (AvgIpc) is 2.91. The van der Waals surface area contributed by atoms with Gasteiger partial charge in [0.05, 0.1) is 25.2 Å². The van der Waals surface area contributed by atoms with Gasteiger partial charge >= 0.3 is 5.97 Å². The number of hydrogen-bond donors (Lipinski definition) is 2. The first-order valence-electron chi connectivity index (χ1n) is 16.5. The maximum Gasteiger partial charge on any atom is 0.309 e. The molecule has 0 bridgehead atoms.